The summed E-state index contributed by atoms with van der Waals surface area (Å²) < 4.78 is 0. The third kappa shape index (κ3) is 5.68. The van der Waals surface area contributed by atoms with Gasteiger partial charge in [-0.3, -0.25) is 14.6 Å². The van der Waals surface area contributed by atoms with Crippen molar-refractivity contribution in [3.8, 4) is 0 Å². The molecule has 1 fully saturated rings. The number of fused-ring (bicyclic) bond motifs is 1. The fourth-order valence-corrected chi connectivity index (χ4v) is 4.75. The van der Waals surface area contributed by atoms with Crippen molar-refractivity contribution >= 4 is 35.0 Å². The molecule has 2 aliphatic rings. The van der Waals surface area contributed by atoms with Crippen LogP contribution in [0.4, 0.5) is 16.2 Å². The van der Waals surface area contributed by atoms with Gasteiger partial charge in [-0.15, -0.1) is 0 Å². The molecule has 0 spiro atoms. The van der Waals surface area contributed by atoms with E-state index in [0.717, 1.165) is 42.6 Å². The third-order valence-electron chi connectivity index (χ3n) is 6.59. The zero-order valence-electron chi connectivity index (χ0n) is 19.7. The Morgan fingerprint density at radius 3 is 2.63 bits per heavy atom. The first-order chi connectivity index (χ1) is 16.8. The first kappa shape index (κ1) is 24.4. The van der Waals surface area contributed by atoms with Crippen LogP contribution in [0.1, 0.15) is 43.2 Å². The lowest BCUT2D eigenvalue weighted by atomic mass is 9.83. The van der Waals surface area contributed by atoms with Gasteiger partial charge in [0.1, 0.15) is 6.04 Å². The van der Waals surface area contributed by atoms with Crippen molar-refractivity contribution in [2.75, 3.05) is 17.3 Å². The lowest BCUT2D eigenvalue weighted by Gasteiger charge is -2.25. The average Bonchev–Trinajstić information content (AvgIpc) is 2.95. The van der Waals surface area contributed by atoms with Gasteiger partial charge in [0.05, 0.1) is 11.4 Å². The van der Waals surface area contributed by atoms with Gasteiger partial charge in [0.25, 0.3) is 5.91 Å². The van der Waals surface area contributed by atoms with Crippen LogP contribution in [0.2, 0.25) is 0 Å². The Kier molecular flexibility index (Phi) is 7.45. The monoisotopic (exact) mass is 477 g/mol. The van der Waals surface area contributed by atoms with Crippen LogP contribution in [0.3, 0.4) is 0 Å². The Morgan fingerprint density at radius 2 is 1.89 bits per heavy atom. The van der Waals surface area contributed by atoms with Crippen molar-refractivity contribution < 1.29 is 19.5 Å². The number of hydrogen-bond donors (Lipinski definition) is 4. The molecule has 2 atom stereocenters. The molecule has 1 aliphatic heterocycles. The molecule has 4 rings (SSSR count). The van der Waals surface area contributed by atoms with E-state index >= 15 is 0 Å². The number of amides is 3. The van der Waals surface area contributed by atoms with E-state index < -0.39 is 24.2 Å². The van der Waals surface area contributed by atoms with Gasteiger partial charge in [0, 0.05) is 24.2 Å². The summed E-state index contributed by atoms with van der Waals surface area (Å²) in [6.07, 6.45) is 4.53. The smallest absolute Gasteiger partial charge is 0.321 e. The average molecular weight is 478 g/mol. The Labute approximate surface area is 204 Å². The molecule has 0 aromatic heterocycles. The Morgan fingerprint density at radius 1 is 1.14 bits per heavy atom. The highest BCUT2D eigenvalue weighted by atomic mass is 16.4. The predicted molar refractivity (Wildman–Crippen MR) is 135 cm³/mol. The van der Waals surface area contributed by atoms with Gasteiger partial charge in [-0.05, 0) is 43.0 Å². The summed E-state index contributed by atoms with van der Waals surface area (Å²) in [4.78, 5) is 43.5. The summed E-state index contributed by atoms with van der Waals surface area (Å²) in [5, 5.41) is 14.5. The van der Waals surface area contributed by atoms with Crippen LogP contribution in [0.15, 0.2) is 53.5 Å². The lowest BCUT2D eigenvalue weighted by molar-refractivity contribution is -0.138. The number of carboxylic acids is 1. The normalized spacial score (nSPS) is 19.3. The fourth-order valence-electron chi connectivity index (χ4n) is 4.75. The van der Waals surface area contributed by atoms with E-state index in [9.17, 15) is 14.4 Å². The first-order valence-corrected chi connectivity index (χ1v) is 11.9. The number of carbonyl (C=O) groups excluding carboxylic acids is 2. The second kappa shape index (κ2) is 10.7. The maximum atomic E-state index is 13.3. The number of benzodiazepines with no additional fused rings is 1. The maximum absolute atomic E-state index is 13.3. The highest BCUT2D eigenvalue weighted by Crippen LogP contribution is 2.33. The zero-order valence-corrected chi connectivity index (χ0v) is 19.7. The Hall–Kier alpha value is -3.72. The van der Waals surface area contributed by atoms with Gasteiger partial charge in [-0.2, -0.15) is 0 Å². The number of carbonyl (C=O) groups is 3. The zero-order chi connectivity index (χ0) is 24.9. The van der Waals surface area contributed by atoms with Crippen molar-refractivity contribution in [2.24, 2.45) is 16.6 Å². The van der Waals surface area contributed by atoms with Crippen molar-refractivity contribution in [3.63, 3.8) is 0 Å². The topological polar surface area (TPSA) is 137 Å². The number of carboxylic acid groups (broad SMARTS) is 1. The first-order valence-electron chi connectivity index (χ1n) is 11.9. The molecule has 9 nitrogen and oxygen atoms in total. The number of benzene rings is 2. The molecule has 184 valence electrons. The van der Waals surface area contributed by atoms with Gasteiger partial charge in [-0.1, -0.05) is 49.6 Å². The number of aliphatic imine (C=N–C) groups is 1. The maximum Gasteiger partial charge on any atom is 0.321 e. The van der Waals surface area contributed by atoms with Crippen molar-refractivity contribution in [2.45, 2.75) is 50.7 Å². The summed E-state index contributed by atoms with van der Waals surface area (Å²) in [6.45, 7) is 0. The minimum absolute atomic E-state index is 0.131. The van der Waals surface area contributed by atoms with Crippen LogP contribution in [0, 0.1) is 5.92 Å². The number of rotatable bonds is 6. The second-order valence-electron chi connectivity index (χ2n) is 9.11. The van der Waals surface area contributed by atoms with Crippen LogP contribution in [-0.4, -0.2) is 48.0 Å². The van der Waals surface area contributed by atoms with E-state index in [0.29, 0.717) is 11.3 Å². The summed E-state index contributed by atoms with van der Waals surface area (Å²) in [6, 6.07) is 12.9. The number of aliphatic carboxylic acids is 1. The number of likely N-dealkylation sites (N-methyl/N-ethyl adjacent to an activating group) is 1. The number of hydrogen-bond acceptors (Lipinski definition) is 5. The highest BCUT2D eigenvalue weighted by Gasteiger charge is 2.33. The minimum atomic E-state index is -1.09. The van der Waals surface area contributed by atoms with E-state index in [1.54, 1.807) is 36.2 Å². The number of nitrogens with zero attached hydrogens (tertiary/aromatic N) is 2. The molecule has 9 heteroatoms. The molecule has 2 aromatic carbocycles. The highest BCUT2D eigenvalue weighted by molar-refractivity contribution is 6.14. The minimum Gasteiger partial charge on any atom is -0.480 e. The molecule has 0 saturated heterocycles. The van der Waals surface area contributed by atoms with Crippen LogP contribution < -0.4 is 21.3 Å². The number of anilines is 2. The van der Waals surface area contributed by atoms with Crippen LogP contribution >= 0.6 is 0 Å². The molecule has 3 amide bonds. The van der Waals surface area contributed by atoms with E-state index in [4.69, 9.17) is 15.8 Å². The molecule has 1 saturated carbocycles. The van der Waals surface area contributed by atoms with E-state index in [2.05, 4.69) is 10.6 Å². The molecule has 0 radical (unpaired) electrons. The molecule has 0 bridgehead atoms. The van der Waals surface area contributed by atoms with Gasteiger partial charge in [0.2, 0.25) is 6.17 Å². The van der Waals surface area contributed by atoms with Crippen molar-refractivity contribution in [3.05, 3.63) is 59.7 Å². The number of urea groups is 1. The summed E-state index contributed by atoms with van der Waals surface area (Å²) in [7, 11) is 1.70. The van der Waals surface area contributed by atoms with Gasteiger partial charge < -0.3 is 26.4 Å². The Balaban J connectivity index is 1.54. The molecule has 2 aromatic rings. The Bertz CT molecular complexity index is 1140. The third-order valence-corrected chi connectivity index (χ3v) is 6.59. The van der Waals surface area contributed by atoms with E-state index in [-0.39, 0.29) is 18.2 Å². The molecule has 5 N–H and O–H groups in total. The predicted octanol–water partition coefficient (Wildman–Crippen LogP) is 3.13. The molecule has 0 unspecified atom stereocenters. The SMILES string of the molecule is CN1C(=O)[C@H](NC(=O)Nc2cccc(C[C@H](N)C(=O)O)c2)N=C(C2CCCCC2)c2ccccc21. The molecular formula is C26H31N5O4. The second-order valence-corrected chi connectivity index (χ2v) is 9.11. The standard InChI is InChI=1S/C26H31N5O4/c1-31-21-13-6-5-12-19(21)22(17-9-3-2-4-10-17)29-23(24(31)32)30-26(35)28-18-11-7-8-16(14-18)15-20(27)25(33)34/h5-8,11-14,17,20,23H,2-4,9-10,15,27H2,1H3,(H,33,34)(H2,28,30,35)/t20-,23-/m0/s1. The van der Waals surface area contributed by atoms with Gasteiger partial charge >= 0.3 is 12.0 Å². The van der Waals surface area contributed by atoms with Gasteiger partial charge in [-0.25, -0.2) is 4.79 Å². The number of nitrogens with two attached hydrogens (primary N) is 1. The largest absolute Gasteiger partial charge is 0.480 e. The molecule has 1 heterocycles. The van der Waals surface area contributed by atoms with Crippen molar-refractivity contribution in [1.29, 1.82) is 0 Å². The summed E-state index contributed by atoms with van der Waals surface area (Å²) in [5.41, 5.74) is 9.35. The molecule has 1 aliphatic carbocycles. The summed E-state index contributed by atoms with van der Waals surface area (Å²) >= 11 is 0. The fraction of sp³-hybridized carbons (Fsp3) is 0.385. The van der Waals surface area contributed by atoms with E-state index in [1.807, 2.05) is 24.3 Å². The molecule has 35 heavy (non-hydrogen) atoms. The molecular weight excluding hydrogens is 446 g/mol. The van der Waals surface area contributed by atoms with Crippen molar-refractivity contribution in [1.82, 2.24) is 5.32 Å². The number of para-hydroxylation sites is 1. The van der Waals surface area contributed by atoms with Crippen LogP contribution in [-0.2, 0) is 16.0 Å². The summed E-state index contributed by atoms with van der Waals surface area (Å²) in [5.74, 6) is -1.17. The van der Waals surface area contributed by atoms with Crippen LogP contribution in [0.5, 0.6) is 0 Å². The number of nitrogens with one attached hydrogen (secondary N) is 2. The van der Waals surface area contributed by atoms with Gasteiger partial charge in [0.15, 0.2) is 0 Å². The van der Waals surface area contributed by atoms with Crippen LogP contribution in [0.25, 0.3) is 0 Å². The lowest BCUT2D eigenvalue weighted by Crippen LogP contribution is -2.47. The van der Waals surface area contributed by atoms with E-state index in [1.165, 1.54) is 6.42 Å². The quantitative estimate of drug-likeness (QED) is 0.507.